The normalized spacial score (nSPS) is 11.5. The highest BCUT2D eigenvalue weighted by Gasteiger charge is 2.07. The average molecular weight is 183 g/mol. The van der Waals surface area contributed by atoms with E-state index < -0.39 is 5.97 Å². The average Bonchev–Trinajstić information content (AvgIpc) is 2.53. The summed E-state index contributed by atoms with van der Waals surface area (Å²) in [5.41, 5.74) is -0.177. The zero-order chi connectivity index (χ0) is 9.68. The van der Waals surface area contributed by atoms with Gasteiger partial charge in [0.05, 0.1) is 6.33 Å². The van der Waals surface area contributed by atoms with E-state index in [-0.39, 0.29) is 11.6 Å². The molecule has 5 heteroatoms. The molecular formula is C8H6FNO3. The lowest BCUT2D eigenvalue weighted by Gasteiger charge is -1.79. The van der Waals surface area contributed by atoms with Crippen molar-refractivity contribution in [3.8, 4) is 0 Å². The molecule has 0 aliphatic heterocycles. The maximum absolute atomic E-state index is 11.5. The molecule has 0 aliphatic carbocycles. The third kappa shape index (κ3) is 2.55. The van der Waals surface area contributed by atoms with Crippen LogP contribution in [-0.2, 0) is 0 Å². The lowest BCUT2D eigenvalue weighted by atomic mass is 10.5. The van der Waals surface area contributed by atoms with Crippen molar-refractivity contribution in [3.05, 3.63) is 36.3 Å². The van der Waals surface area contributed by atoms with E-state index in [0.29, 0.717) is 6.33 Å². The third-order valence-corrected chi connectivity index (χ3v) is 1.16. The molecule has 1 N–H and O–H groups in total. The molecule has 0 aromatic carbocycles. The SMILES string of the molecule is O=C(O)c1coc(/C=C\C=C\F)n1. The Hall–Kier alpha value is -1.91. The molecule has 0 unspecified atom stereocenters. The molecule has 0 bridgehead atoms. The molecule has 68 valence electrons. The van der Waals surface area contributed by atoms with Crippen molar-refractivity contribution in [2.45, 2.75) is 0 Å². The van der Waals surface area contributed by atoms with Gasteiger partial charge in [-0.05, 0) is 6.08 Å². The van der Waals surface area contributed by atoms with E-state index in [1.165, 1.54) is 12.2 Å². The molecule has 0 saturated heterocycles. The number of rotatable bonds is 3. The first kappa shape index (κ1) is 9.18. The molecule has 1 rings (SSSR count). The van der Waals surface area contributed by atoms with E-state index in [1.54, 1.807) is 0 Å². The second-order valence-electron chi connectivity index (χ2n) is 2.05. The van der Waals surface area contributed by atoms with Crippen LogP contribution in [0.4, 0.5) is 4.39 Å². The topological polar surface area (TPSA) is 63.3 Å². The fourth-order valence-electron chi connectivity index (χ4n) is 0.642. The maximum atomic E-state index is 11.5. The summed E-state index contributed by atoms with van der Waals surface area (Å²) in [4.78, 5) is 13.9. The number of carboxylic acids is 1. The monoisotopic (exact) mass is 183 g/mol. The smallest absolute Gasteiger partial charge is 0.357 e. The summed E-state index contributed by atoms with van der Waals surface area (Å²) in [6.45, 7) is 0. The van der Waals surface area contributed by atoms with Crippen molar-refractivity contribution in [2.75, 3.05) is 0 Å². The van der Waals surface area contributed by atoms with Crippen LogP contribution in [0.25, 0.3) is 6.08 Å². The van der Waals surface area contributed by atoms with Crippen LogP contribution in [-0.4, -0.2) is 16.1 Å². The van der Waals surface area contributed by atoms with E-state index in [2.05, 4.69) is 4.98 Å². The van der Waals surface area contributed by atoms with Crippen LogP contribution in [0.1, 0.15) is 16.4 Å². The van der Waals surface area contributed by atoms with E-state index in [1.807, 2.05) is 0 Å². The minimum Gasteiger partial charge on any atom is -0.476 e. The maximum Gasteiger partial charge on any atom is 0.357 e. The van der Waals surface area contributed by atoms with Crippen LogP contribution in [0.3, 0.4) is 0 Å². The molecule has 0 saturated carbocycles. The number of allylic oxidation sites excluding steroid dienone is 2. The Morgan fingerprint density at radius 3 is 2.92 bits per heavy atom. The number of hydrogen-bond donors (Lipinski definition) is 1. The molecule has 4 nitrogen and oxygen atoms in total. The molecule has 0 amide bonds. The third-order valence-electron chi connectivity index (χ3n) is 1.16. The lowest BCUT2D eigenvalue weighted by Crippen LogP contribution is -1.95. The molecule has 1 aromatic rings. The van der Waals surface area contributed by atoms with Crippen molar-refractivity contribution >= 4 is 12.0 Å². The van der Waals surface area contributed by atoms with Crippen molar-refractivity contribution in [2.24, 2.45) is 0 Å². The van der Waals surface area contributed by atoms with Gasteiger partial charge in [-0.25, -0.2) is 14.2 Å². The fraction of sp³-hybridized carbons (Fsp3) is 0. The van der Waals surface area contributed by atoms with Gasteiger partial charge >= 0.3 is 5.97 Å². The first-order valence-electron chi connectivity index (χ1n) is 3.36. The minimum atomic E-state index is -1.16. The second kappa shape index (κ2) is 4.20. The molecular weight excluding hydrogens is 177 g/mol. The van der Waals surface area contributed by atoms with Gasteiger partial charge in [0.1, 0.15) is 6.26 Å². The van der Waals surface area contributed by atoms with Gasteiger partial charge in [-0.3, -0.25) is 0 Å². The molecule has 0 atom stereocenters. The molecule has 13 heavy (non-hydrogen) atoms. The van der Waals surface area contributed by atoms with Crippen molar-refractivity contribution in [1.29, 1.82) is 0 Å². The molecule has 1 heterocycles. The molecule has 1 aromatic heterocycles. The van der Waals surface area contributed by atoms with Crippen LogP contribution in [0, 0.1) is 0 Å². The summed E-state index contributed by atoms with van der Waals surface area (Å²) in [7, 11) is 0. The van der Waals surface area contributed by atoms with Gasteiger partial charge in [0, 0.05) is 6.08 Å². The van der Waals surface area contributed by atoms with E-state index in [4.69, 9.17) is 9.52 Å². The summed E-state index contributed by atoms with van der Waals surface area (Å²) >= 11 is 0. The molecule has 0 aliphatic rings. The summed E-state index contributed by atoms with van der Waals surface area (Å²) in [5.74, 6) is -1.04. The Labute approximate surface area is 73.0 Å². The number of halogens is 1. The number of oxazole rings is 1. The molecule has 0 radical (unpaired) electrons. The van der Waals surface area contributed by atoms with E-state index in [9.17, 15) is 9.18 Å². The summed E-state index contributed by atoms with van der Waals surface area (Å²) in [6.07, 6.45) is 5.18. The number of aromatic carboxylic acids is 1. The number of aromatic nitrogens is 1. The zero-order valence-corrected chi connectivity index (χ0v) is 6.48. The van der Waals surface area contributed by atoms with Crippen LogP contribution in [0.5, 0.6) is 0 Å². The largest absolute Gasteiger partial charge is 0.476 e. The van der Waals surface area contributed by atoms with Gasteiger partial charge in [-0.2, -0.15) is 0 Å². The lowest BCUT2D eigenvalue weighted by molar-refractivity contribution is 0.0690. The van der Waals surface area contributed by atoms with Crippen LogP contribution >= 0.6 is 0 Å². The number of carbonyl (C=O) groups is 1. The van der Waals surface area contributed by atoms with Crippen molar-refractivity contribution in [3.63, 3.8) is 0 Å². The number of carboxylic acid groups (broad SMARTS) is 1. The van der Waals surface area contributed by atoms with Crippen molar-refractivity contribution in [1.82, 2.24) is 4.98 Å². The Morgan fingerprint density at radius 2 is 2.38 bits per heavy atom. The van der Waals surface area contributed by atoms with E-state index in [0.717, 1.165) is 12.3 Å². The minimum absolute atomic E-state index is 0.121. The van der Waals surface area contributed by atoms with Gasteiger partial charge in [0.2, 0.25) is 5.89 Å². The van der Waals surface area contributed by atoms with Gasteiger partial charge < -0.3 is 9.52 Å². The highest BCUT2D eigenvalue weighted by atomic mass is 19.1. The quantitative estimate of drug-likeness (QED) is 0.726. The summed E-state index contributed by atoms with van der Waals surface area (Å²) in [5, 5.41) is 8.45. The number of nitrogens with zero attached hydrogens (tertiary/aromatic N) is 1. The Bertz CT molecular complexity index is 354. The summed E-state index contributed by atoms with van der Waals surface area (Å²) < 4.78 is 16.2. The van der Waals surface area contributed by atoms with Crippen LogP contribution in [0.15, 0.2) is 29.2 Å². The van der Waals surface area contributed by atoms with Gasteiger partial charge in [-0.15, -0.1) is 0 Å². The van der Waals surface area contributed by atoms with Crippen molar-refractivity contribution < 1.29 is 18.7 Å². The zero-order valence-electron chi connectivity index (χ0n) is 6.48. The highest BCUT2D eigenvalue weighted by Crippen LogP contribution is 2.03. The summed E-state index contributed by atoms with van der Waals surface area (Å²) in [6, 6.07) is 0. The predicted molar refractivity (Wildman–Crippen MR) is 42.7 cm³/mol. The van der Waals surface area contributed by atoms with Gasteiger partial charge in [0.25, 0.3) is 0 Å². The Balaban J connectivity index is 2.74. The van der Waals surface area contributed by atoms with Crippen LogP contribution in [0.2, 0.25) is 0 Å². The Morgan fingerprint density at radius 1 is 1.62 bits per heavy atom. The Kier molecular flexibility index (Phi) is 2.97. The standard InChI is InChI=1S/C8H6FNO3/c9-4-2-1-3-7-10-6(5-13-7)8(11)12/h1-5H,(H,11,12)/b3-1-,4-2+. The van der Waals surface area contributed by atoms with Gasteiger partial charge in [0.15, 0.2) is 5.69 Å². The van der Waals surface area contributed by atoms with E-state index >= 15 is 0 Å². The predicted octanol–water partition coefficient (Wildman–Crippen LogP) is 1.87. The van der Waals surface area contributed by atoms with Gasteiger partial charge in [-0.1, -0.05) is 6.08 Å². The molecule has 0 spiro atoms. The first-order chi connectivity index (χ1) is 6.24. The fourth-order valence-corrected chi connectivity index (χ4v) is 0.642. The highest BCUT2D eigenvalue weighted by molar-refractivity contribution is 5.85. The van der Waals surface area contributed by atoms with Crippen LogP contribution < -0.4 is 0 Å². The first-order valence-corrected chi connectivity index (χ1v) is 3.36. The number of hydrogen-bond acceptors (Lipinski definition) is 3. The second-order valence-corrected chi connectivity index (χ2v) is 2.05. The molecule has 0 fully saturated rings.